The molecule has 1 aromatic heterocycles. The smallest absolute Gasteiger partial charge is 0.145 e. The molecule has 1 heterocycles. The Morgan fingerprint density at radius 2 is 2.17 bits per heavy atom. The number of aryl methyl sites for hydroxylation is 2. The summed E-state index contributed by atoms with van der Waals surface area (Å²) in [6.07, 6.45) is 2.20. The van der Waals surface area contributed by atoms with Crippen LogP contribution in [0.3, 0.4) is 0 Å². The molecule has 0 aliphatic rings. The SMILES string of the molecule is CNCCCc1cc2cccc(OC)c2nc1C. The summed E-state index contributed by atoms with van der Waals surface area (Å²) >= 11 is 0. The van der Waals surface area contributed by atoms with Crippen molar-refractivity contribution in [3.63, 3.8) is 0 Å². The van der Waals surface area contributed by atoms with Gasteiger partial charge < -0.3 is 10.1 Å². The third-order valence-electron chi connectivity index (χ3n) is 3.20. The van der Waals surface area contributed by atoms with Crippen LogP contribution >= 0.6 is 0 Å². The van der Waals surface area contributed by atoms with Gasteiger partial charge in [-0.3, -0.25) is 0 Å². The van der Waals surface area contributed by atoms with Gasteiger partial charge in [-0.25, -0.2) is 4.98 Å². The lowest BCUT2D eigenvalue weighted by Crippen LogP contribution is -2.09. The minimum atomic E-state index is 0.845. The van der Waals surface area contributed by atoms with Gasteiger partial charge in [0, 0.05) is 11.1 Å². The van der Waals surface area contributed by atoms with Crippen molar-refractivity contribution < 1.29 is 4.74 Å². The molecular formula is C15H20N2O. The highest BCUT2D eigenvalue weighted by Crippen LogP contribution is 2.25. The number of aromatic nitrogens is 1. The Kier molecular flexibility index (Phi) is 4.15. The lowest BCUT2D eigenvalue weighted by Gasteiger charge is -2.10. The number of pyridine rings is 1. The van der Waals surface area contributed by atoms with Crippen molar-refractivity contribution in [3.8, 4) is 5.75 Å². The topological polar surface area (TPSA) is 34.1 Å². The van der Waals surface area contributed by atoms with E-state index >= 15 is 0 Å². The van der Waals surface area contributed by atoms with E-state index in [9.17, 15) is 0 Å². The number of nitrogens with zero attached hydrogens (tertiary/aromatic N) is 1. The van der Waals surface area contributed by atoms with E-state index in [0.29, 0.717) is 0 Å². The van der Waals surface area contributed by atoms with Gasteiger partial charge in [0.2, 0.25) is 0 Å². The molecule has 0 aliphatic carbocycles. The molecule has 2 aromatic rings. The number of para-hydroxylation sites is 1. The van der Waals surface area contributed by atoms with Gasteiger partial charge in [0.25, 0.3) is 0 Å². The van der Waals surface area contributed by atoms with Crippen molar-refractivity contribution in [1.29, 1.82) is 0 Å². The number of nitrogens with one attached hydrogen (secondary N) is 1. The highest BCUT2D eigenvalue weighted by molar-refractivity contribution is 5.85. The molecule has 0 unspecified atom stereocenters. The first-order valence-corrected chi connectivity index (χ1v) is 6.34. The summed E-state index contributed by atoms with van der Waals surface area (Å²) < 4.78 is 5.35. The molecule has 0 spiro atoms. The Labute approximate surface area is 108 Å². The van der Waals surface area contributed by atoms with Crippen LogP contribution in [-0.4, -0.2) is 25.7 Å². The highest BCUT2D eigenvalue weighted by atomic mass is 16.5. The van der Waals surface area contributed by atoms with E-state index in [0.717, 1.165) is 41.7 Å². The van der Waals surface area contributed by atoms with Crippen LogP contribution in [0.5, 0.6) is 5.75 Å². The summed E-state index contributed by atoms with van der Waals surface area (Å²) in [4.78, 5) is 4.68. The van der Waals surface area contributed by atoms with Crippen LogP contribution in [0.15, 0.2) is 24.3 Å². The molecule has 3 nitrogen and oxygen atoms in total. The summed E-state index contributed by atoms with van der Waals surface area (Å²) in [6.45, 7) is 3.11. The Balaban J connectivity index is 2.37. The first-order valence-electron chi connectivity index (χ1n) is 6.34. The highest BCUT2D eigenvalue weighted by Gasteiger charge is 2.06. The first kappa shape index (κ1) is 12.8. The van der Waals surface area contributed by atoms with Crippen LogP contribution in [-0.2, 0) is 6.42 Å². The summed E-state index contributed by atoms with van der Waals surface area (Å²) in [5.74, 6) is 0.845. The summed E-state index contributed by atoms with van der Waals surface area (Å²) in [5.41, 5.74) is 3.38. The van der Waals surface area contributed by atoms with E-state index in [1.165, 1.54) is 5.56 Å². The summed E-state index contributed by atoms with van der Waals surface area (Å²) in [6, 6.07) is 8.28. The Morgan fingerprint density at radius 3 is 2.89 bits per heavy atom. The van der Waals surface area contributed by atoms with Gasteiger partial charge in [-0.05, 0) is 51.1 Å². The van der Waals surface area contributed by atoms with E-state index in [2.05, 4.69) is 29.4 Å². The molecule has 3 heteroatoms. The van der Waals surface area contributed by atoms with Crippen molar-refractivity contribution in [2.75, 3.05) is 20.7 Å². The van der Waals surface area contributed by atoms with Crippen LogP contribution < -0.4 is 10.1 Å². The van der Waals surface area contributed by atoms with E-state index < -0.39 is 0 Å². The fourth-order valence-electron chi connectivity index (χ4n) is 2.18. The number of hydrogen-bond donors (Lipinski definition) is 1. The molecule has 0 saturated heterocycles. The van der Waals surface area contributed by atoms with E-state index in [1.807, 2.05) is 19.2 Å². The molecule has 0 fully saturated rings. The van der Waals surface area contributed by atoms with Gasteiger partial charge in [0.15, 0.2) is 0 Å². The molecule has 0 bridgehead atoms. The average molecular weight is 244 g/mol. The standard InChI is InChI=1S/C15H20N2O/c1-11-12(7-5-9-16-2)10-13-6-4-8-14(18-3)15(13)17-11/h4,6,8,10,16H,5,7,9H2,1-3H3. The third-order valence-corrected chi connectivity index (χ3v) is 3.20. The largest absolute Gasteiger partial charge is 0.494 e. The molecule has 2 rings (SSSR count). The first-order chi connectivity index (χ1) is 8.76. The molecule has 0 aliphatic heterocycles. The number of benzene rings is 1. The van der Waals surface area contributed by atoms with Crippen LogP contribution in [0.1, 0.15) is 17.7 Å². The molecule has 0 atom stereocenters. The summed E-state index contributed by atoms with van der Waals surface area (Å²) in [5, 5.41) is 4.32. The Bertz CT molecular complexity index is 537. The second kappa shape index (κ2) is 5.83. The Hall–Kier alpha value is -1.61. The van der Waals surface area contributed by atoms with Crippen molar-refractivity contribution >= 4 is 10.9 Å². The van der Waals surface area contributed by atoms with Crippen LogP contribution in [0.25, 0.3) is 10.9 Å². The minimum Gasteiger partial charge on any atom is -0.494 e. The molecule has 0 radical (unpaired) electrons. The van der Waals surface area contributed by atoms with Gasteiger partial charge in [-0.2, -0.15) is 0 Å². The van der Waals surface area contributed by atoms with Gasteiger partial charge in [-0.15, -0.1) is 0 Å². The monoisotopic (exact) mass is 244 g/mol. The molecule has 1 N–H and O–H groups in total. The van der Waals surface area contributed by atoms with Gasteiger partial charge >= 0.3 is 0 Å². The van der Waals surface area contributed by atoms with Crippen LogP contribution in [0, 0.1) is 6.92 Å². The van der Waals surface area contributed by atoms with Crippen molar-refractivity contribution in [1.82, 2.24) is 10.3 Å². The number of methoxy groups -OCH3 is 1. The molecule has 18 heavy (non-hydrogen) atoms. The number of rotatable bonds is 5. The molecule has 0 saturated carbocycles. The normalized spacial score (nSPS) is 10.8. The quantitative estimate of drug-likeness (QED) is 0.821. The maximum atomic E-state index is 5.35. The number of ether oxygens (including phenoxy) is 1. The predicted molar refractivity (Wildman–Crippen MR) is 75.3 cm³/mol. The lowest BCUT2D eigenvalue weighted by atomic mass is 10.0. The van der Waals surface area contributed by atoms with Crippen molar-refractivity contribution in [3.05, 3.63) is 35.5 Å². The maximum absolute atomic E-state index is 5.35. The van der Waals surface area contributed by atoms with E-state index in [-0.39, 0.29) is 0 Å². The van der Waals surface area contributed by atoms with Crippen LogP contribution in [0.4, 0.5) is 0 Å². The predicted octanol–water partition coefficient (Wildman–Crippen LogP) is 2.70. The lowest BCUT2D eigenvalue weighted by molar-refractivity contribution is 0.419. The van der Waals surface area contributed by atoms with Crippen LogP contribution in [0.2, 0.25) is 0 Å². The number of hydrogen-bond acceptors (Lipinski definition) is 3. The zero-order valence-electron chi connectivity index (χ0n) is 11.3. The Morgan fingerprint density at radius 1 is 1.33 bits per heavy atom. The molecule has 0 amide bonds. The zero-order chi connectivity index (χ0) is 13.0. The molecular weight excluding hydrogens is 224 g/mol. The van der Waals surface area contributed by atoms with Gasteiger partial charge in [0.1, 0.15) is 11.3 Å². The zero-order valence-corrected chi connectivity index (χ0v) is 11.3. The fourth-order valence-corrected chi connectivity index (χ4v) is 2.18. The molecule has 96 valence electrons. The second-order valence-electron chi connectivity index (χ2n) is 4.47. The molecule has 1 aromatic carbocycles. The van der Waals surface area contributed by atoms with E-state index in [1.54, 1.807) is 7.11 Å². The van der Waals surface area contributed by atoms with Gasteiger partial charge in [-0.1, -0.05) is 12.1 Å². The van der Waals surface area contributed by atoms with Crippen molar-refractivity contribution in [2.24, 2.45) is 0 Å². The van der Waals surface area contributed by atoms with Crippen molar-refractivity contribution in [2.45, 2.75) is 19.8 Å². The number of fused-ring (bicyclic) bond motifs is 1. The average Bonchev–Trinajstić information content (AvgIpc) is 2.39. The minimum absolute atomic E-state index is 0.845. The fraction of sp³-hybridized carbons (Fsp3) is 0.400. The van der Waals surface area contributed by atoms with E-state index in [4.69, 9.17) is 4.74 Å². The van der Waals surface area contributed by atoms with Gasteiger partial charge in [0.05, 0.1) is 7.11 Å². The third kappa shape index (κ3) is 2.62. The second-order valence-corrected chi connectivity index (χ2v) is 4.47. The maximum Gasteiger partial charge on any atom is 0.145 e. The summed E-state index contributed by atoms with van der Waals surface area (Å²) in [7, 11) is 3.67.